The predicted molar refractivity (Wildman–Crippen MR) is 138 cm³/mol. The molecule has 36 heavy (non-hydrogen) atoms. The second kappa shape index (κ2) is 12.7. The van der Waals surface area contributed by atoms with Gasteiger partial charge in [-0.3, -0.25) is 0 Å². The van der Waals surface area contributed by atoms with Crippen molar-refractivity contribution < 1.29 is 47.5 Å². The first-order valence-electron chi connectivity index (χ1n) is 12.4. The molecule has 0 amide bonds. The second-order valence-corrected chi connectivity index (χ2v) is 9.56. The van der Waals surface area contributed by atoms with Crippen molar-refractivity contribution in [3.63, 3.8) is 0 Å². The summed E-state index contributed by atoms with van der Waals surface area (Å²) in [5.41, 5.74) is 5.69. The van der Waals surface area contributed by atoms with Crippen molar-refractivity contribution in [2.45, 2.75) is 50.4 Å². The van der Waals surface area contributed by atoms with Gasteiger partial charge in [0.2, 0.25) is 0 Å². The molecule has 0 fully saturated rings. The van der Waals surface area contributed by atoms with Gasteiger partial charge in [0, 0.05) is 11.6 Å². The zero-order chi connectivity index (χ0) is 24.8. The average Bonchev–Trinajstić information content (AvgIpc) is 2.90. The molecule has 0 aliphatic heterocycles. The van der Waals surface area contributed by atoms with Crippen molar-refractivity contribution in [2.24, 2.45) is 7.05 Å². The molecule has 3 aromatic rings. The van der Waals surface area contributed by atoms with Crippen LogP contribution in [0.25, 0.3) is 0 Å². The molecular formula is C30H38INO4. The Morgan fingerprint density at radius 2 is 1.28 bits per heavy atom. The van der Waals surface area contributed by atoms with Crippen molar-refractivity contribution in [3.8, 4) is 23.0 Å². The maximum absolute atomic E-state index is 5.56. The number of rotatable bonds is 10. The van der Waals surface area contributed by atoms with Gasteiger partial charge in [-0.1, -0.05) is 12.1 Å². The SMILES string of the molecule is COc1ccc(CCC2(CCc3ccc(OC)c(OC)c3)CCCc3c[n+](C)ccc32)cc1OC.[I-]. The van der Waals surface area contributed by atoms with Crippen LogP contribution in [0.3, 0.4) is 0 Å². The normalized spacial score (nSPS) is 13.8. The van der Waals surface area contributed by atoms with Crippen LogP contribution in [0.5, 0.6) is 23.0 Å². The number of fused-ring (bicyclic) bond motifs is 1. The Hall–Kier alpha value is -2.48. The minimum Gasteiger partial charge on any atom is -1.00 e. The highest BCUT2D eigenvalue weighted by Crippen LogP contribution is 2.44. The summed E-state index contributed by atoms with van der Waals surface area (Å²) in [7, 11) is 8.87. The first kappa shape index (κ1) is 28.1. The molecule has 2 aromatic carbocycles. The molecule has 1 aromatic heterocycles. The highest BCUT2D eigenvalue weighted by molar-refractivity contribution is 5.44. The van der Waals surface area contributed by atoms with Crippen molar-refractivity contribution in [1.29, 1.82) is 0 Å². The lowest BCUT2D eigenvalue weighted by Gasteiger charge is -2.39. The highest BCUT2D eigenvalue weighted by Gasteiger charge is 2.37. The maximum Gasteiger partial charge on any atom is 0.172 e. The van der Waals surface area contributed by atoms with Gasteiger partial charge in [0.1, 0.15) is 7.05 Å². The average molecular weight is 604 g/mol. The molecule has 4 rings (SSSR count). The first-order valence-corrected chi connectivity index (χ1v) is 12.4. The Kier molecular flexibility index (Phi) is 9.88. The number of hydrogen-bond acceptors (Lipinski definition) is 4. The van der Waals surface area contributed by atoms with Crippen LogP contribution in [0.2, 0.25) is 0 Å². The van der Waals surface area contributed by atoms with E-state index in [2.05, 4.69) is 54.3 Å². The van der Waals surface area contributed by atoms with Gasteiger partial charge in [-0.15, -0.1) is 0 Å². The molecule has 1 aliphatic carbocycles. The zero-order valence-corrected chi connectivity index (χ0v) is 24.3. The fourth-order valence-electron chi connectivity index (χ4n) is 5.61. The summed E-state index contributed by atoms with van der Waals surface area (Å²) in [5, 5.41) is 0. The number of aryl methyl sites for hydroxylation is 4. The van der Waals surface area contributed by atoms with Crippen LogP contribution in [0, 0.1) is 0 Å². The topological polar surface area (TPSA) is 40.8 Å². The van der Waals surface area contributed by atoms with Gasteiger partial charge in [0.15, 0.2) is 35.4 Å². The molecule has 194 valence electrons. The number of nitrogens with zero attached hydrogens (tertiary/aromatic N) is 1. The molecule has 1 aliphatic rings. The van der Waals surface area contributed by atoms with Gasteiger partial charge in [0.25, 0.3) is 0 Å². The number of methoxy groups -OCH3 is 4. The summed E-state index contributed by atoms with van der Waals surface area (Å²) < 4.78 is 24.2. The fourth-order valence-corrected chi connectivity index (χ4v) is 5.61. The van der Waals surface area contributed by atoms with E-state index in [1.54, 1.807) is 28.4 Å². The second-order valence-electron chi connectivity index (χ2n) is 9.56. The van der Waals surface area contributed by atoms with Crippen LogP contribution in [0.1, 0.15) is 47.9 Å². The molecule has 0 radical (unpaired) electrons. The van der Waals surface area contributed by atoms with Crippen molar-refractivity contribution in [3.05, 3.63) is 77.1 Å². The van der Waals surface area contributed by atoms with Gasteiger partial charge in [-0.2, -0.15) is 0 Å². The Bertz CT molecular complexity index is 1100. The molecule has 0 spiro atoms. The molecule has 6 heteroatoms. The molecule has 1 heterocycles. The predicted octanol–water partition coefficient (Wildman–Crippen LogP) is 2.39. The van der Waals surface area contributed by atoms with E-state index in [1.165, 1.54) is 35.1 Å². The summed E-state index contributed by atoms with van der Waals surface area (Å²) in [6, 6.07) is 15.0. The van der Waals surface area contributed by atoms with E-state index in [4.69, 9.17) is 18.9 Å². The zero-order valence-electron chi connectivity index (χ0n) is 22.1. The van der Waals surface area contributed by atoms with Crippen LogP contribution in [0.15, 0.2) is 54.9 Å². The molecule has 0 unspecified atom stereocenters. The molecule has 5 nitrogen and oxygen atoms in total. The van der Waals surface area contributed by atoms with E-state index in [9.17, 15) is 0 Å². The summed E-state index contributed by atoms with van der Waals surface area (Å²) in [6.45, 7) is 0. The van der Waals surface area contributed by atoms with E-state index in [-0.39, 0.29) is 29.4 Å². The van der Waals surface area contributed by atoms with E-state index in [0.717, 1.165) is 55.1 Å². The molecule has 0 saturated carbocycles. The van der Waals surface area contributed by atoms with Gasteiger partial charge < -0.3 is 42.9 Å². The number of ether oxygens (including phenoxy) is 4. The van der Waals surface area contributed by atoms with Crippen LogP contribution < -0.4 is 47.5 Å². The number of pyridine rings is 1. The van der Waals surface area contributed by atoms with Gasteiger partial charge in [-0.25, -0.2) is 4.57 Å². The largest absolute Gasteiger partial charge is 1.00 e. The first-order chi connectivity index (χ1) is 17.0. The lowest BCUT2D eigenvalue weighted by Crippen LogP contribution is -3.00. The standard InChI is InChI=1S/C30H38NO4.HI/c1-31-18-14-25-24(21-31)7-6-15-30(25,16-12-22-8-10-26(32-2)28(19-22)34-4)17-13-23-9-11-27(33-3)29(20-23)35-5;/h8-11,14,18-21H,6-7,12-13,15-17H2,1-5H3;1H/q+1;/p-1. The number of benzene rings is 2. The summed E-state index contributed by atoms with van der Waals surface area (Å²) >= 11 is 0. The minimum atomic E-state index is 0. The fraction of sp³-hybridized carbons (Fsp3) is 0.433. The van der Waals surface area contributed by atoms with E-state index in [1.807, 2.05) is 12.1 Å². The van der Waals surface area contributed by atoms with Crippen molar-refractivity contribution >= 4 is 0 Å². The van der Waals surface area contributed by atoms with E-state index in [0.29, 0.717) is 0 Å². The molecule has 0 saturated heterocycles. The molecular weight excluding hydrogens is 565 g/mol. The third kappa shape index (κ3) is 6.07. The van der Waals surface area contributed by atoms with E-state index >= 15 is 0 Å². The van der Waals surface area contributed by atoms with Crippen LogP contribution in [-0.2, 0) is 31.7 Å². The third-order valence-corrected chi connectivity index (χ3v) is 7.53. The molecule has 0 atom stereocenters. The van der Waals surface area contributed by atoms with Crippen molar-refractivity contribution in [1.82, 2.24) is 0 Å². The lowest BCUT2D eigenvalue weighted by atomic mass is 9.65. The number of aromatic nitrogens is 1. The van der Waals surface area contributed by atoms with Crippen LogP contribution in [0.4, 0.5) is 0 Å². The van der Waals surface area contributed by atoms with Crippen molar-refractivity contribution in [2.75, 3.05) is 28.4 Å². The Balaban J connectivity index is 0.00000361. The number of halogens is 1. The van der Waals surface area contributed by atoms with Crippen LogP contribution >= 0.6 is 0 Å². The van der Waals surface area contributed by atoms with Gasteiger partial charge in [0.05, 0.1) is 28.4 Å². The monoisotopic (exact) mass is 603 g/mol. The van der Waals surface area contributed by atoms with E-state index < -0.39 is 0 Å². The quantitative estimate of drug-likeness (QED) is 0.264. The smallest absolute Gasteiger partial charge is 0.172 e. The minimum absolute atomic E-state index is 0. The summed E-state index contributed by atoms with van der Waals surface area (Å²) in [5.74, 6) is 3.13. The summed E-state index contributed by atoms with van der Waals surface area (Å²) in [6.07, 6.45) is 12.3. The third-order valence-electron chi connectivity index (χ3n) is 7.53. The summed E-state index contributed by atoms with van der Waals surface area (Å²) in [4.78, 5) is 0. The van der Waals surface area contributed by atoms with Crippen LogP contribution in [-0.4, -0.2) is 28.4 Å². The maximum atomic E-state index is 5.56. The molecule has 0 N–H and O–H groups in total. The Labute approximate surface area is 232 Å². The Morgan fingerprint density at radius 3 is 1.78 bits per heavy atom. The Morgan fingerprint density at radius 1 is 0.750 bits per heavy atom. The number of hydrogen-bond donors (Lipinski definition) is 0. The van der Waals surface area contributed by atoms with Gasteiger partial charge >= 0.3 is 0 Å². The lowest BCUT2D eigenvalue weighted by molar-refractivity contribution is -0.672. The van der Waals surface area contributed by atoms with Gasteiger partial charge in [-0.05, 0) is 91.3 Å². The highest BCUT2D eigenvalue weighted by atomic mass is 127. The molecule has 0 bridgehead atoms.